The van der Waals surface area contributed by atoms with Gasteiger partial charge in [-0.1, -0.05) is 18.4 Å². The van der Waals surface area contributed by atoms with Gasteiger partial charge < -0.3 is 24.1 Å². The van der Waals surface area contributed by atoms with E-state index in [1.165, 1.54) is 6.92 Å². The Morgan fingerprint density at radius 1 is 1.21 bits per heavy atom. The van der Waals surface area contributed by atoms with Gasteiger partial charge in [0.2, 0.25) is 0 Å². The largest absolute Gasteiger partial charge is 0.459 e. The zero-order valence-corrected chi connectivity index (χ0v) is 14.3. The predicted molar refractivity (Wildman–Crippen MR) is 82.9 cm³/mol. The van der Waals surface area contributed by atoms with Crippen LogP contribution in [0.25, 0.3) is 0 Å². The number of hydrogen-bond donors (Lipinski definition) is 1. The van der Waals surface area contributed by atoms with Crippen LogP contribution in [0, 0.1) is 11.8 Å². The summed E-state index contributed by atoms with van der Waals surface area (Å²) in [6.45, 7) is 10.7. The average molecular weight is 334 g/mol. The molecule has 0 amide bonds. The number of aliphatic hydroxyl groups is 1. The van der Waals surface area contributed by atoms with E-state index in [0.29, 0.717) is 12.0 Å². The van der Waals surface area contributed by atoms with E-state index in [1.54, 1.807) is 6.92 Å². The van der Waals surface area contributed by atoms with E-state index >= 15 is 0 Å². The molecule has 6 nitrogen and oxygen atoms in total. The summed E-state index contributed by atoms with van der Waals surface area (Å²) in [5.74, 6) is 5.56. The Labute approximate surface area is 141 Å². The van der Waals surface area contributed by atoms with Crippen molar-refractivity contribution in [2.45, 2.75) is 81.4 Å². The van der Waals surface area contributed by atoms with Gasteiger partial charge in [-0.3, -0.25) is 4.79 Å². The summed E-state index contributed by atoms with van der Waals surface area (Å²) >= 11 is 0. The van der Waals surface area contributed by atoms with Crippen molar-refractivity contribution in [2.24, 2.45) is 0 Å². The van der Waals surface area contributed by atoms with Crippen LogP contribution in [0.15, 0.2) is 12.2 Å². The Balaban J connectivity index is 1.63. The fraction of sp³-hybridized carbons (Fsp3) is 0.722. The Morgan fingerprint density at radius 2 is 1.92 bits per heavy atom. The second kappa shape index (κ2) is 4.61. The normalized spacial score (nSPS) is 49.5. The van der Waals surface area contributed by atoms with Crippen LogP contribution in [0.5, 0.6) is 0 Å². The fourth-order valence-electron chi connectivity index (χ4n) is 4.09. The molecule has 4 fully saturated rings. The van der Waals surface area contributed by atoms with Crippen molar-refractivity contribution in [1.29, 1.82) is 0 Å². The van der Waals surface area contributed by atoms with Crippen LogP contribution in [-0.4, -0.2) is 58.4 Å². The molecule has 0 bridgehead atoms. The van der Waals surface area contributed by atoms with Crippen molar-refractivity contribution in [1.82, 2.24) is 0 Å². The van der Waals surface area contributed by atoms with Gasteiger partial charge in [-0.05, 0) is 26.3 Å². The minimum atomic E-state index is -0.946. The highest BCUT2D eigenvalue weighted by Gasteiger charge is 2.86. The standard InChI is InChI=1S/C18H22O6/c1-9(2)6-7-17-12(20)13-18(23-13)8-11(21-10(3)19)16(4,5)22-15(18)14(17)24-17/h11-15,20H,1,8H2,2-5H3/t11-,12+,13-,14+,15+,17+,18-/m1/s1. The molecular formula is C18H22O6. The summed E-state index contributed by atoms with van der Waals surface area (Å²) in [7, 11) is 0. The first kappa shape index (κ1) is 16.1. The molecule has 3 aliphatic heterocycles. The molecule has 0 aromatic heterocycles. The lowest BCUT2D eigenvalue weighted by Crippen LogP contribution is -2.63. The van der Waals surface area contributed by atoms with Gasteiger partial charge in [0, 0.05) is 13.3 Å². The molecule has 3 saturated heterocycles. The van der Waals surface area contributed by atoms with Crippen molar-refractivity contribution >= 4 is 5.97 Å². The quantitative estimate of drug-likeness (QED) is 0.432. The number of ether oxygens (including phenoxy) is 4. The van der Waals surface area contributed by atoms with E-state index in [2.05, 4.69) is 18.4 Å². The lowest BCUT2D eigenvalue weighted by atomic mass is 9.72. The summed E-state index contributed by atoms with van der Waals surface area (Å²) < 4.78 is 23.4. The van der Waals surface area contributed by atoms with Crippen LogP contribution in [0.3, 0.4) is 0 Å². The maximum Gasteiger partial charge on any atom is 0.303 e. The lowest BCUT2D eigenvalue weighted by molar-refractivity contribution is -0.219. The van der Waals surface area contributed by atoms with Crippen molar-refractivity contribution in [3.8, 4) is 11.8 Å². The molecule has 6 heteroatoms. The Morgan fingerprint density at radius 3 is 2.54 bits per heavy atom. The number of allylic oxidation sites excluding steroid dienone is 1. The van der Waals surface area contributed by atoms with E-state index in [1.807, 2.05) is 13.8 Å². The summed E-state index contributed by atoms with van der Waals surface area (Å²) in [4.78, 5) is 11.4. The molecule has 0 unspecified atom stereocenters. The van der Waals surface area contributed by atoms with Crippen molar-refractivity contribution < 1.29 is 28.8 Å². The number of carbonyl (C=O) groups is 1. The molecular weight excluding hydrogens is 312 g/mol. The molecule has 1 saturated carbocycles. The van der Waals surface area contributed by atoms with Gasteiger partial charge in [0.25, 0.3) is 0 Å². The minimum absolute atomic E-state index is 0.341. The van der Waals surface area contributed by atoms with Gasteiger partial charge >= 0.3 is 5.97 Å². The zero-order chi connectivity index (χ0) is 17.5. The molecule has 130 valence electrons. The Bertz CT molecular complexity index is 687. The Hall–Kier alpha value is -1.39. The van der Waals surface area contributed by atoms with Gasteiger partial charge in [-0.15, -0.1) is 0 Å². The second-order valence-corrected chi connectivity index (χ2v) is 7.74. The van der Waals surface area contributed by atoms with E-state index in [-0.39, 0.29) is 18.2 Å². The van der Waals surface area contributed by atoms with Crippen LogP contribution in [0.4, 0.5) is 0 Å². The highest BCUT2D eigenvalue weighted by atomic mass is 16.7. The van der Waals surface area contributed by atoms with Crippen molar-refractivity contribution in [3.05, 3.63) is 12.2 Å². The van der Waals surface area contributed by atoms with E-state index in [4.69, 9.17) is 18.9 Å². The molecule has 0 aromatic rings. The van der Waals surface area contributed by atoms with Crippen LogP contribution in [0.1, 0.15) is 34.1 Å². The molecule has 1 aliphatic carbocycles. The molecule has 24 heavy (non-hydrogen) atoms. The first-order valence-corrected chi connectivity index (χ1v) is 8.20. The molecule has 1 N–H and O–H groups in total. The smallest absolute Gasteiger partial charge is 0.303 e. The van der Waals surface area contributed by atoms with Gasteiger partial charge in [-0.2, -0.15) is 0 Å². The molecule has 1 spiro atoms. The third kappa shape index (κ3) is 2.02. The number of rotatable bonds is 1. The SMILES string of the molecule is C=C(C)C#C[C@@]12O[C@H]1[C@@H]1OC(C)(C)[C@H](OC(C)=O)C[C@]13O[C@@H]3[C@@H]2O. The van der Waals surface area contributed by atoms with Gasteiger partial charge in [0.05, 0.1) is 0 Å². The van der Waals surface area contributed by atoms with Gasteiger partial charge in [0.1, 0.15) is 41.7 Å². The first-order valence-electron chi connectivity index (χ1n) is 8.20. The average Bonchev–Trinajstić information content (AvgIpc) is 3.34. The van der Waals surface area contributed by atoms with E-state index in [9.17, 15) is 9.90 Å². The number of epoxide rings is 2. The number of esters is 1. The predicted octanol–water partition coefficient (Wildman–Crippen LogP) is 0.715. The maximum atomic E-state index is 11.4. The third-order valence-corrected chi connectivity index (χ3v) is 5.43. The molecule has 4 aliphatic rings. The van der Waals surface area contributed by atoms with Crippen LogP contribution in [-0.2, 0) is 23.7 Å². The molecule has 0 aromatic carbocycles. The first-order chi connectivity index (χ1) is 11.1. The Kier molecular flexibility index (Phi) is 3.09. The number of carbonyl (C=O) groups excluding carboxylic acids is 1. The highest BCUT2D eigenvalue weighted by molar-refractivity contribution is 5.66. The minimum Gasteiger partial charge on any atom is -0.459 e. The fourth-order valence-corrected chi connectivity index (χ4v) is 4.09. The lowest BCUT2D eigenvalue weighted by Gasteiger charge is -2.46. The van der Waals surface area contributed by atoms with Gasteiger partial charge in [0.15, 0.2) is 5.60 Å². The van der Waals surface area contributed by atoms with Crippen molar-refractivity contribution in [2.75, 3.05) is 0 Å². The molecule has 4 rings (SSSR count). The highest BCUT2D eigenvalue weighted by Crippen LogP contribution is 2.65. The molecule has 7 atom stereocenters. The summed E-state index contributed by atoms with van der Waals surface area (Å²) in [6, 6.07) is 0. The van der Waals surface area contributed by atoms with E-state index < -0.39 is 35.1 Å². The molecule has 0 radical (unpaired) electrons. The third-order valence-electron chi connectivity index (χ3n) is 5.43. The topological polar surface area (TPSA) is 80.8 Å². The van der Waals surface area contributed by atoms with Crippen LogP contribution >= 0.6 is 0 Å². The van der Waals surface area contributed by atoms with Crippen molar-refractivity contribution in [3.63, 3.8) is 0 Å². The summed E-state index contributed by atoms with van der Waals surface area (Å²) in [6.07, 6.45) is -1.92. The summed E-state index contributed by atoms with van der Waals surface area (Å²) in [5, 5.41) is 10.7. The number of hydrogen-bond acceptors (Lipinski definition) is 6. The van der Waals surface area contributed by atoms with Crippen LogP contribution in [0.2, 0.25) is 0 Å². The van der Waals surface area contributed by atoms with E-state index in [0.717, 1.165) is 0 Å². The van der Waals surface area contributed by atoms with Crippen LogP contribution < -0.4 is 0 Å². The zero-order valence-electron chi connectivity index (χ0n) is 14.3. The number of aliphatic hydroxyl groups excluding tert-OH is 1. The monoisotopic (exact) mass is 334 g/mol. The van der Waals surface area contributed by atoms with Gasteiger partial charge in [-0.25, -0.2) is 0 Å². The maximum absolute atomic E-state index is 11.4. The number of fused-ring (bicyclic) bond motifs is 2. The molecule has 3 heterocycles. The summed E-state index contributed by atoms with van der Waals surface area (Å²) in [5.41, 5.74) is -1.57. The second-order valence-electron chi connectivity index (χ2n) is 7.74.